The van der Waals surface area contributed by atoms with Gasteiger partial charge in [0.05, 0.1) is 35.7 Å². The van der Waals surface area contributed by atoms with E-state index in [0.29, 0.717) is 47.4 Å². The zero-order valence-corrected chi connectivity index (χ0v) is 16.2. The maximum atomic E-state index is 13.2. The molecule has 1 amide bonds. The van der Waals surface area contributed by atoms with Gasteiger partial charge in [-0.3, -0.25) is 9.78 Å². The van der Waals surface area contributed by atoms with Crippen LogP contribution in [0.5, 0.6) is 11.5 Å². The number of rotatable bonds is 3. The number of anilines is 1. The molecule has 0 aliphatic carbocycles. The van der Waals surface area contributed by atoms with Crippen LogP contribution in [0.15, 0.2) is 72.9 Å². The number of carbonyl (C=O) groups excluding carboxylic acids is 1. The fraction of sp³-hybridized carbons (Fsp3) is 0.125. The third-order valence-electron chi connectivity index (χ3n) is 4.89. The lowest BCUT2D eigenvalue weighted by Gasteiger charge is -2.12. The van der Waals surface area contributed by atoms with Gasteiger partial charge in [-0.05, 0) is 36.4 Å². The topological polar surface area (TPSA) is 73.3 Å². The van der Waals surface area contributed by atoms with Crippen molar-refractivity contribution in [2.24, 2.45) is 0 Å². The molecule has 1 aliphatic rings. The van der Waals surface area contributed by atoms with Gasteiger partial charge in [0.15, 0.2) is 11.5 Å². The molecule has 1 aliphatic heterocycles. The molecule has 6 nitrogen and oxygen atoms in total. The van der Waals surface area contributed by atoms with E-state index in [1.165, 1.54) is 0 Å². The Hall–Kier alpha value is -3.93. The molecular weight excluding hydrogens is 378 g/mol. The number of amides is 1. The minimum absolute atomic E-state index is 0.222. The van der Waals surface area contributed by atoms with Gasteiger partial charge in [0.25, 0.3) is 5.91 Å². The number of hydrogen-bond donors (Lipinski definition) is 1. The monoisotopic (exact) mass is 397 g/mol. The van der Waals surface area contributed by atoms with E-state index in [9.17, 15) is 4.79 Å². The van der Waals surface area contributed by atoms with Crippen molar-refractivity contribution < 1.29 is 14.3 Å². The molecule has 3 heterocycles. The van der Waals surface area contributed by atoms with Crippen molar-refractivity contribution in [2.75, 3.05) is 18.5 Å². The molecule has 148 valence electrons. The number of nitrogens with one attached hydrogen (secondary N) is 1. The summed E-state index contributed by atoms with van der Waals surface area (Å²) in [5.41, 5.74) is 3.29. The van der Waals surface area contributed by atoms with Crippen LogP contribution >= 0.6 is 0 Å². The molecule has 2 aromatic carbocycles. The third-order valence-corrected chi connectivity index (χ3v) is 4.89. The fourth-order valence-electron chi connectivity index (χ4n) is 3.45. The lowest BCUT2D eigenvalue weighted by molar-refractivity contribution is 0.102. The Bertz CT molecular complexity index is 1230. The molecule has 0 bridgehead atoms. The van der Waals surface area contributed by atoms with Crippen molar-refractivity contribution in [1.29, 1.82) is 0 Å². The van der Waals surface area contributed by atoms with Gasteiger partial charge >= 0.3 is 0 Å². The van der Waals surface area contributed by atoms with E-state index in [1.807, 2.05) is 54.6 Å². The molecule has 0 spiro atoms. The first-order chi connectivity index (χ1) is 14.8. The van der Waals surface area contributed by atoms with Crippen molar-refractivity contribution >= 4 is 22.5 Å². The van der Waals surface area contributed by atoms with Gasteiger partial charge in [0.1, 0.15) is 0 Å². The van der Waals surface area contributed by atoms with Crippen molar-refractivity contribution in [3.63, 3.8) is 0 Å². The third kappa shape index (κ3) is 3.55. The Kier molecular flexibility index (Phi) is 4.73. The highest BCUT2D eigenvalue weighted by molar-refractivity contribution is 6.13. The lowest BCUT2D eigenvalue weighted by Crippen LogP contribution is -2.13. The highest BCUT2D eigenvalue weighted by Gasteiger charge is 2.16. The molecule has 1 N–H and O–H groups in total. The molecule has 6 heteroatoms. The van der Waals surface area contributed by atoms with Crippen LogP contribution in [0, 0.1) is 0 Å². The van der Waals surface area contributed by atoms with Gasteiger partial charge in [-0.15, -0.1) is 0 Å². The number of hydrogen-bond acceptors (Lipinski definition) is 5. The SMILES string of the molecule is O=C(Nc1ccc2c(c1)OCCCO2)c1cc(-c2ccccn2)nc2ccccc12. The summed E-state index contributed by atoms with van der Waals surface area (Å²) < 4.78 is 11.4. The molecule has 0 fully saturated rings. The standard InChI is InChI=1S/C24H19N3O3/c28-24(26-16-9-10-22-23(14-16)30-13-5-12-29-22)18-15-21(20-8-3-4-11-25-20)27-19-7-2-1-6-17(18)19/h1-4,6-11,14-15H,5,12-13H2,(H,26,28). The zero-order chi connectivity index (χ0) is 20.3. The van der Waals surface area contributed by atoms with Gasteiger partial charge < -0.3 is 14.8 Å². The highest BCUT2D eigenvalue weighted by Crippen LogP contribution is 2.33. The number of nitrogens with zero attached hydrogens (tertiary/aromatic N) is 2. The second kappa shape index (κ2) is 7.83. The van der Waals surface area contributed by atoms with Crippen LogP contribution in [-0.4, -0.2) is 29.1 Å². The van der Waals surface area contributed by atoms with Gasteiger partial charge in [-0.2, -0.15) is 0 Å². The Labute approximate surface area is 173 Å². The largest absolute Gasteiger partial charge is 0.490 e. The Morgan fingerprint density at radius 1 is 0.867 bits per heavy atom. The number of ether oxygens (including phenoxy) is 2. The summed E-state index contributed by atoms with van der Waals surface area (Å²) in [6.45, 7) is 1.21. The molecule has 0 atom stereocenters. The normalized spacial score (nSPS) is 12.9. The average Bonchev–Trinajstić information content (AvgIpc) is 3.04. The molecular formula is C24H19N3O3. The first kappa shape index (κ1) is 18.1. The molecule has 0 saturated carbocycles. The van der Waals surface area contributed by atoms with E-state index in [2.05, 4.69) is 15.3 Å². The van der Waals surface area contributed by atoms with E-state index < -0.39 is 0 Å². The minimum atomic E-state index is -0.222. The maximum Gasteiger partial charge on any atom is 0.256 e. The minimum Gasteiger partial charge on any atom is -0.490 e. The summed E-state index contributed by atoms with van der Waals surface area (Å²) in [5, 5.41) is 3.76. The van der Waals surface area contributed by atoms with E-state index in [4.69, 9.17) is 9.47 Å². The molecule has 4 aromatic rings. The van der Waals surface area contributed by atoms with Gasteiger partial charge in [-0.1, -0.05) is 24.3 Å². The molecule has 30 heavy (non-hydrogen) atoms. The predicted octanol–water partition coefficient (Wildman–Crippen LogP) is 4.71. The fourth-order valence-corrected chi connectivity index (χ4v) is 3.45. The molecule has 2 aromatic heterocycles. The van der Waals surface area contributed by atoms with E-state index >= 15 is 0 Å². The number of para-hydroxylation sites is 1. The summed E-state index contributed by atoms with van der Waals surface area (Å²) >= 11 is 0. The molecule has 0 radical (unpaired) electrons. The summed E-state index contributed by atoms with van der Waals surface area (Å²) in [4.78, 5) is 22.3. The van der Waals surface area contributed by atoms with Crippen LogP contribution in [0.4, 0.5) is 5.69 Å². The smallest absolute Gasteiger partial charge is 0.256 e. The molecule has 0 saturated heterocycles. The molecule has 0 unspecified atom stereocenters. The highest BCUT2D eigenvalue weighted by atomic mass is 16.5. The van der Waals surface area contributed by atoms with Crippen molar-refractivity contribution in [3.8, 4) is 22.9 Å². The van der Waals surface area contributed by atoms with Crippen LogP contribution < -0.4 is 14.8 Å². The van der Waals surface area contributed by atoms with Gasteiger partial charge in [0.2, 0.25) is 0 Å². The number of carbonyl (C=O) groups is 1. The number of fused-ring (bicyclic) bond motifs is 2. The van der Waals surface area contributed by atoms with Gasteiger partial charge in [-0.25, -0.2) is 4.98 Å². The summed E-state index contributed by atoms with van der Waals surface area (Å²) in [6, 6.07) is 20.4. The number of benzene rings is 2. The Morgan fingerprint density at radius 2 is 1.70 bits per heavy atom. The van der Waals surface area contributed by atoms with Crippen LogP contribution in [0.25, 0.3) is 22.3 Å². The second-order valence-electron chi connectivity index (χ2n) is 6.95. The molecule has 5 rings (SSSR count). The lowest BCUT2D eigenvalue weighted by atomic mass is 10.1. The average molecular weight is 397 g/mol. The zero-order valence-electron chi connectivity index (χ0n) is 16.2. The quantitative estimate of drug-likeness (QED) is 0.542. The maximum absolute atomic E-state index is 13.2. The van der Waals surface area contributed by atoms with E-state index in [-0.39, 0.29) is 5.91 Å². The van der Waals surface area contributed by atoms with Crippen molar-refractivity contribution in [1.82, 2.24) is 9.97 Å². The predicted molar refractivity (Wildman–Crippen MR) is 115 cm³/mol. The number of aromatic nitrogens is 2. The Morgan fingerprint density at radius 3 is 2.57 bits per heavy atom. The van der Waals surface area contributed by atoms with Crippen molar-refractivity contribution in [3.05, 3.63) is 78.5 Å². The first-order valence-corrected chi connectivity index (χ1v) is 9.80. The van der Waals surface area contributed by atoms with E-state index in [0.717, 1.165) is 17.3 Å². The van der Waals surface area contributed by atoms with Gasteiger partial charge in [0, 0.05) is 29.8 Å². The summed E-state index contributed by atoms with van der Waals surface area (Å²) in [5.74, 6) is 1.11. The second-order valence-corrected chi connectivity index (χ2v) is 6.95. The Balaban J connectivity index is 1.52. The van der Waals surface area contributed by atoms with Crippen LogP contribution in [0.1, 0.15) is 16.8 Å². The van der Waals surface area contributed by atoms with Crippen LogP contribution in [0.3, 0.4) is 0 Å². The summed E-state index contributed by atoms with van der Waals surface area (Å²) in [7, 11) is 0. The van der Waals surface area contributed by atoms with Crippen molar-refractivity contribution in [2.45, 2.75) is 6.42 Å². The number of pyridine rings is 2. The van der Waals surface area contributed by atoms with Crippen LogP contribution in [-0.2, 0) is 0 Å². The summed E-state index contributed by atoms with van der Waals surface area (Å²) in [6.07, 6.45) is 2.54. The van der Waals surface area contributed by atoms with Crippen LogP contribution in [0.2, 0.25) is 0 Å². The first-order valence-electron chi connectivity index (χ1n) is 9.80. The van der Waals surface area contributed by atoms with E-state index in [1.54, 1.807) is 18.3 Å².